The number of hydrogen-bond donors (Lipinski definition) is 0. The molecule has 0 spiro atoms. The van der Waals surface area contributed by atoms with Crippen molar-refractivity contribution >= 4 is 5.97 Å². The lowest BCUT2D eigenvalue weighted by molar-refractivity contribution is -0.137. The summed E-state index contributed by atoms with van der Waals surface area (Å²) in [6.07, 6.45) is 11.4. The molecule has 0 aliphatic heterocycles. The smallest absolute Gasteiger partial charge is 0.330 e. The van der Waals surface area contributed by atoms with Gasteiger partial charge in [-0.1, -0.05) is 50.8 Å². The van der Waals surface area contributed by atoms with E-state index in [1.54, 1.807) is 24.3 Å². The molecule has 0 bridgehead atoms. The maximum Gasteiger partial charge on any atom is 0.330 e. The number of ether oxygens (including phenoxy) is 1. The number of carbonyl (C=O) groups excluding carboxylic acids is 1. The third kappa shape index (κ3) is 20.1. The lowest BCUT2D eigenvalue weighted by Gasteiger charge is -1.97. The number of nitrogens with zero attached hydrogens (tertiary/aromatic N) is 1. The van der Waals surface area contributed by atoms with Crippen LogP contribution >= 0.6 is 0 Å². The van der Waals surface area contributed by atoms with Crippen molar-refractivity contribution in [1.29, 1.82) is 5.26 Å². The van der Waals surface area contributed by atoms with Crippen LogP contribution in [0.15, 0.2) is 49.6 Å². The average Bonchev–Trinajstić information content (AvgIpc) is 2.35. The molecule has 0 atom stereocenters. The van der Waals surface area contributed by atoms with Crippen molar-refractivity contribution < 1.29 is 9.53 Å². The van der Waals surface area contributed by atoms with Crippen LogP contribution in [0, 0.1) is 11.3 Å². The number of nitriles is 1. The zero-order chi connectivity index (χ0) is 13.4. The minimum Gasteiger partial charge on any atom is -0.463 e. The van der Waals surface area contributed by atoms with Gasteiger partial charge in [0.05, 0.1) is 12.7 Å². The molecule has 3 heteroatoms. The number of unbranched alkanes of at least 4 members (excludes halogenated alkanes) is 1. The highest BCUT2D eigenvalue weighted by atomic mass is 16.5. The van der Waals surface area contributed by atoms with Crippen LogP contribution in [0.2, 0.25) is 0 Å². The summed E-state index contributed by atoms with van der Waals surface area (Å²) in [6.45, 7) is 9.28. The molecule has 0 amide bonds. The topological polar surface area (TPSA) is 50.1 Å². The van der Waals surface area contributed by atoms with Crippen molar-refractivity contribution in [3.63, 3.8) is 0 Å². The summed E-state index contributed by atoms with van der Waals surface area (Å²) < 4.78 is 4.67. The maximum atomic E-state index is 10.3. The monoisotopic (exact) mass is 233 g/mol. The highest BCUT2D eigenvalue weighted by molar-refractivity contribution is 5.81. The van der Waals surface area contributed by atoms with E-state index in [1.807, 2.05) is 13.0 Å². The molecule has 0 heterocycles. The van der Waals surface area contributed by atoms with Crippen molar-refractivity contribution in [2.45, 2.75) is 19.8 Å². The van der Waals surface area contributed by atoms with Gasteiger partial charge in [0.15, 0.2) is 0 Å². The summed E-state index contributed by atoms with van der Waals surface area (Å²) in [4.78, 5) is 10.3. The Kier molecular flexibility index (Phi) is 16.7. The van der Waals surface area contributed by atoms with E-state index in [1.165, 1.54) is 12.2 Å². The van der Waals surface area contributed by atoms with Crippen LogP contribution in [-0.4, -0.2) is 12.6 Å². The average molecular weight is 233 g/mol. The molecule has 92 valence electrons. The summed E-state index contributed by atoms with van der Waals surface area (Å²) in [6, 6.07) is 1.86. The summed E-state index contributed by atoms with van der Waals surface area (Å²) in [5.41, 5.74) is 0. The normalized spacial score (nSPS) is 9.18. The molecule has 0 aromatic carbocycles. The fourth-order valence-electron chi connectivity index (χ4n) is 0.617. The predicted octanol–water partition coefficient (Wildman–Crippen LogP) is 3.32. The third-order valence-corrected chi connectivity index (χ3v) is 1.44. The van der Waals surface area contributed by atoms with Crippen LogP contribution in [0.4, 0.5) is 0 Å². The summed E-state index contributed by atoms with van der Waals surface area (Å²) in [5.74, 6) is -0.330. The Morgan fingerprint density at radius 1 is 1.35 bits per heavy atom. The molecule has 0 aromatic heterocycles. The van der Waals surface area contributed by atoms with E-state index in [9.17, 15) is 4.79 Å². The molecule has 0 radical (unpaired) electrons. The molecular weight excluding hydrogens is 214 g/mol. The SMILES string of the molecule is C=CC(=O)OCCCC.C=CC=CC=CC#N. The molecule has 0 unspecified atom stereocenters. The van der Waals surface area contributed by atoms with Gasteiger partial charge >= 0.3 is 5.97 Å². The maximum absolute atomic E-state index is 10.3. The van der Waals surface area contributed by atoms with Crippen LogP contribution in [0.25, 0.3) is 0 Å². The van der Waals surface area contributed by atoms with E-state index in [-0.39, 0.29) is 5.97 Å². The van der Waals surface area contributed by atoms with Crippen molar-refractivity contribution in [2.75, 3.05) is 6.61 Å². The summed E-state index contributed by atoms with van der Waals surface area (Å²) in [7, 11) is 0. The van der Waals surface area contributed by atoms with Gasteiger partial charge in [0, 0.05) is 12.2 Å². The van der Waals surface area contributed by atoms with Crippen molar-refractivity contribution in [3.05, 3.63) is 49.6 Å². The molecule has 17 heavy (non-hydrogen) atoms. The second kappa shape index (κ2) is 16.4. The van der Waals surface area contributed by atoms with Crippen LogP contribution in [0.1, 0.15) is 19.8 Å². The Hall–Kier alpha value is -2.08. The number of allylic oxidation sites excluding steroid dienone is 5. The quantitative estimate of drug-likeness (QED) is 0.232. The number of carbonyl (C=O) groups is 1. The zero-order valence-electron chi connectivity index (χ0n) is 10.3. The predicted molar refractivity (Wildman–Crippen MR) is 70.2 cm³/mol. The van der Waals surface area contributed by atoms with Gasteiger partial charge in [0.1, 0.15) is 0 Å². The van der Waals surface area contributed by atoms with Gasteiger partial charge in [0.2, 0.25) is 0 Å². The molecule has 0 fully saturated rings. The van der Waals surface area contributed by atoms with Crippen molar-refractivity contribution in [1.82, 2.24) is 0 Å². The van der Waals surface area contributed by atoms with Gasteiger partial charge in [-0.25, -0.2) is 4.79 Å². The first kappa shape index (κ1) is 17.3. The van der Waals surface area contributed by atoms with Gasteiger partial charge in [0.25, 0.3) is 0 Å². The van der Waals surface area contributed by atoms with Crippen LogP contribution in [0.3, 0.4) is 0 Å². The standard InChI is InChI=1S/C7H7N.C7H12O2/c1-2-3-4-5-6-7-8;1-3-5-6-9-7(8)4-2/h2-6H,1H2;4H,2-3,5-6H2,1H3. The minimum absolute atomic E-state index is 0.330. The third-order valence-electron chi connectivity index (χ3n) is 1.44. The first-order chi connectivity index (χ1) is 8.22. The van der Waals surface area contributed by atoms with Crippen LogP contribution in [-0.2, 0) is 9.53 Å². The fourth-order valence-corrected chi connectivity index (χ4v) is 0.617. The molecule has 3 nitrogen and oxygen atoms in total. The van der Waals surface area contributed by atoms with E-state index in [4.69, 9.17) is 5.26 Å². The van der Waals surface area contributed by atoms with Crippen molar-refractivity contribution in [2.24, 2.45) is 0 Å². The Morgan fingerprint density at radius 3 is 2.53 bits per heavy atom. The van der Waals surface area contributed by atoms with E-state index in [0.717, 1.165) is 12.8 Å². The Balaban J connectivity index is 0. The molecule has 0 saturated heterocycles. The van der Waals surface area contributed by atoms with Crippen LogP contribution < -0.4 is 0 Å². The molecule has 0 N–H and O–H groups in total. The highest BCUT2D eigenvalue weighted by Gasteiger charge is 1.91. The van der Waals surface area contributed by atoms with Gasteiger partial charge in [-0.3, -0.25) is 0 Å². The number of esters is 1. The molecule has 0 aliphatic carbocycles. The molecular formula is C14H19NO2. The minimum atomic E-state index is -0.330. The Morgan fingerprint density at radius 2 is 2.06 bits per heavy atom. The Bertz CT molecular complexity index is 309. The lowest BCUT2D eigenvalue weighted by atomic mass is 10.4. The Labute approximate surface area is 103 Å². The van der Waals surface area contributed by atoms with E-state index >= 15 is 0 Å². The zero-order valence-corrected chi connectivity index (χ0v) is 10.3. The summed E-state index contributed by atoms with van der Waals surface area (Å²) >= 11 is 0. The van der Waals surface area contributed by atoms with Crippen LogP contribution in [0.5, 0.6) is 0 Å². The largest absolute Gasteiger partial charge is 0.463 e. The van der Waals surface area contributed by atoms with E-state index in [2.05, 4.69) is 17.9 Å². The fraction of sp³-hybridized carbons (Fsp3) is 0.286. The first-order valence-corrected chi connectivity index (χ1v) is 5.35. The van der Waals surface area contributed by atoms with Gasteiger partial charge < -0.3 is 4.74 Å². The van der Waals surface area contributed by atoms with Gasteiger partial charge in [-0.15, -0.1) is 0 Å². The molecule has 0 aliphatic rings. The molecule has 0 rings (SSSR count). The van der Waals surface area contributed by atoms with Gasteiger partial charge in [-0.2, -0.15) is 5.26 Å². The van der Waals surface area contributed by atoms with E-state index in [0.29, 0.717) is 6.61 Å². The molecule has 0 aromatic rings. The number of rotatable bonds is 6. The first-order valence-electron chi connectivity index (χ1n) is 5.35. The van der Waals surface area contributed by atoms with Gasteiger partial charge in [-0.05, 0) is 6.42 Å². The highest BCUT2D eigenvalue weighted by Crippen LogP contribution is 1.88. The second-order valence-corrected chi connectivity index (χ2v) is 2.83. The second-order valence-electron chi connectivity index (χ2n) is 2.83. The number of hydrogen-bond acceptors (Lipinski definition) is 3. The van der Waals surface area contributed by atoms with E-state index < -0.39 is 0 Å². The summed E-state index contributed by atoms with van der Waals surface area (Å²) in [5, 5.41) is 7.97. The van der Waals surface area contributed by atoms with Crippen molar-refractivity contribution in [3.8, 4) is 6.07 Å². The molecule has 0 saturated carbocycles. The lowest BCUT2D eigenvalue weighted by Crippen LogP contribution is -2.00.